The molecule has 3 N–H and O–H groups in total. The number of amides is 1. The lowest BCUT2D eigenvalue weighted by molar-refractivity contribution is -0.119. The van der Waals surface area contributed by atoms with Gasteiger partial charge in [0.1, 0.15) is 5.75 Å². The number of nitrogens with one attached hydrogen (secondary N) is 1. The first kappa shape index (κ1) is 15.4. The molecule has 1 aliphatic rings. The minimum Gasteiger partial charge on any atom is -0.352 e. The average Bonchev–Trinajstić information content (AvgIpc) is 2.42. The van der Waals surface area contributed by atoms with E-state index in [9.17, 15) is 13.2 Å². The molecule has 0 aromatic heterocycles. The molecule has 106 valence electrons. The highest BCUT2D eigenvalue weighted by atomic mass is 32.2. The highest BCUT2D eigenvalue weighted by Gasteiger charge is 2.21. The summed E-state index contributed by atoms with van der Waals surface area (Å²) in [7, 11) is -3.38. The average molecular weight is 276 g/mol. The number of hydrogen-bond acceptors (Lipinski definition) is 4. The van der Waals surface area contributed by atoms with Crippen LogP contribution in [0.2, 0.25) is 0 Å². The molecule has 0 aromatic rings. The minimum atomic E-state index is -3.38. The fourth-order valence-corrected chi connectivity index (χ4v) is 3.75. The maximum absolute atomic E-state index is 11.7. The van der Waals surface area contributed by atoms with Crippen molar-refractivity contribution >= 4 is 15.7 Å². The smallest absolute Gasteiger partial charge is 0.235 e. The molecule has 6 heteroatoms. The zero-order valence-electron chi connectivity index (χ0n) is 11.0. The standard InChI is InChI=1S/C12H24N2O3S/c1-10(13)8-18(16,17)9-12(15)14-11-6-4-2-3-5-7-11/h10-11H,2-9,13H2,1H3,(H,14,15). The van der Waals surface area contributed by atoms with Crippen LogP contribution in [-0.2, 0) is 14.6 Å². The molecule has 0 bridgehead atoms. The van der Waals surface area contributed by atoms with Crippen LogP contribution in [0.25, 0.3) is 0 Å². The third kappa shape index (κ3) is 6.35. The molecular weight excluding hydrogens is 252 g/mol. The number of carbonyl (C=O) groups is 1. The first-order valence-electron chi connectivity index (χ1n) is 6.64. The number of rotatable bonds is 5. The summed E-state index contributed by atoms with van der Waals surface area (Å²) in [6, 6.07) is -0.286. The van der Waals surface area contributed by atoms with E-state index in [1.54, 1.807) is 6.92 Å². The lowest BCUT2D eigenvalue weighted by Gasteiger charge is -2.16. The van der Waals surface area contributed by atoms with E-state index in [1.165, 1.54) is 12.8 Å². The van der Waals surface area contributed by atoms with Crippen LogP contribution >= 0.6 is 0 Å². The van der Waals surface area contributed by atoms with E-state index >= 15 is 0 Å². The summed E-state index contributed by atoms with van der Waals surface area (Å²) in [5.41, 5.74) is 5.45. The second-order valence-electron chi connectivity index (χ2n) is 5.29. The van der Waals surface area contributed by atoms with E-state index in [2.05, 4.69) is 5.32 Å². The minimum absolute atomic E-state index is 0.134. The summed E-state index contributed by atoms with van der Waals surface area (Å²) in [5, 5.41) is 2.83. The quantitative estimate of drug-likeness (QED) is 0.719. The number of nitrogens with two attached hydrogens (primary N) is 1. The Morgan fingerprint density at radius 3 is 2.33 bits per heavy atom. The monoisotopic (exact) mass is 276 g/mol. The van der Waals surface area contributed by atoms with Crippen molar-refractivity contribution in [2.45, 2.75) is 57.5 Å². The molecule has 0 aromatic carbocycles. The number of carbonyl (C=O) groups excluding carboxylic acids is 1. The zero-order valence-corrected chi connectivity index (χ0v) is 11.8. The molecule has 18 heavy (non-hydrogen) atoms. The summed E-state index contributed by atoms with van der Waals surface area (Å²) < 4.78 is 23.2. The molecule has 0 saturated heterocycles. The van der Waals surface area contributed by atoms with Gasteiger partial charge in [0.15, 0.2) is 9.84 Å². The van der Waals surface area contributed by atoms with Crippen LogP contribution in [0.3, 0.4) is 0 Å². The van der Waals surface area contributed by atoms with Gasteiger partial charge in [0.2, 0.25) is 5.91 Å². The van der Waals surface area contributed by atoms with Crippen molar-refractivity contribution in [1.29, 1.82) is 0 Å². The molecule has 1 atom stereocenters. The Morgan fingerprint density at radius 1 is 1.28 bits per heavy atom. The van der Waals surface area contributed by atoms with E-state index in [0.717, 1.165) is 25.7 Å². The van der Waals surface area contributed by atoms with E-state index in [-0.39, 0.29) is 17.7 Å². The molecule has 0 radical (unpaired) electrons. The summed E-state index contributed by atoms with van der Waals surface area (Å²) in [4.78, 5) is 11.7. The first-order chi connectivity index (χ1) is 8.39. The van der Waals surface area contributed by atoms with Crippen molar-refractivity contribution in [2.24, 2.45) is 5.73 Å². The highest BCUT2D eigenvalue weighted by Crippen LogP contribution is 2.17. The Kier molecular flexibility index (Phi) is 6.08. The molecule has 1 unspecified atom stereocenters. The van der Waals surface area contributed by atoms with E-state index in [4.69, 9.17) is 5.73 Å². The summed E-state index contributed by atoms with van der Waals surface area (Å²) in [6.07, 6.45) is 6.54. The Labute approximate surface area is 109 Å². The van der Waals surface area contributed by atoms with Crippen LogP contribution in [0.5, 0.6) is 0 Å². The third-order valence-corrected chi connectivity index (χ3v) is 4.82. The molecule has 1 rings (SSSR count). The van der Waals surface area contributed by atoms with Crippen molar-refractivity contribution in [3.8, 4) is 0 Å². The van der Waals surface area contributed by atoms with Gasteiger partial charge in [0.05, 0.1) is 5.75 Å². The van der Waals surface area contributed by atoms with Crippen LogP contribution in [0.1, 0.15) is 45.4 Å². The van der Waals surface area contributed by atoms with Crippen LogP contribution in [0.4, 0.5) is 0 Å². The second-order valence-corrected chi connectivity index (χ2v) is 7.40. The van der Waals surface area contributed by atoms with Gasteiger partial charge >= 0.3 is 0 Å². The lowest BCUT2D eigenvalue weighted by Crippen LogP contribution is -2.40. The fourth-order valence-electron chi connectivity index (χ4n) is 2.35. The molecule has 1 fully saturated rings. The van der Waals surface area contributed by atoms with Crippen LogP contribution in [-0.4, -0.2) is 37.9 Å². The molecule has 0 heterocycles. The van der Waals surface area contributed by atoms with Gasteiger partial charge in [-0.15, -0.1) is 0 Å². The van der Waals surface area contributed by atoms with Gasteiger partial charge in [0, 0.05) is 12.1 Å². The number of hydrogen-bond donors (Lipinski definition) is 2. The van der Waals surface area contributed by atoms with E-state index in [1.807, 2.05) is 0 Å². The Balaban J connectivity index is 2.40. The largest absolute Gasteiger partial charge is 0.352 e. The Hall–Kier alpha value is -0.620. The van der Waals surface area contributed by atoms with Gasteiger partial charge in [-0.3, -0.25) is 4.79 Å². The topological polar surface area (TPSA) is 89.3 Å². The van der Waals surface area contributed by atoms with Crippen molar-refractivity contribution in [2.75, 3.05) is 11.5 Å². The van der Waals surface area contributed by atoms with Crippen LogP contribution < -0.4 is 11.1 Å². The van der Waals surface area contributed by atoms with Crippen molar-refractivity contribution < 1.29 is 13.2 Å². The molecule has 0 spiro atoms. The van der Waals surface area contributed by atoms with Gasteiger partial charge in [-0.1, -0.05) is 25.7 Å². The highest BCUT2D eigenvalue weighted by molar-refractivity contribution is 7.92. The van der Waals surface area contributed by atoms with Gasteiger partial charge in [-0.25, -0.2) is 8.42 Å². The summed E-state index contributed by atoms with van der Waals surface area (Å²) >= 11 is 0. The van der Waals surface area contributed by atoms with Gasteiger partial charge in [0.25, 0.3) is 0 Å². The Morgan fingerprint density at radius 2 is 1.83 bits per heavy atom. The maximum atomic E-state index is 11.7. The van der Waals surface area contributed by atoms with Gasteiger partial charge in [-0.2, -0.15) is 0 Å². The predicted molar refractivity (Wildman–Crippen MR) is 71.9 cm³/mol. The molecule has 0 aliphatic heterocycles. The second kappa shape index (κ2) is 7.09. The SMILES string of the molecule is CC(N)CS(=O)(=O)CC(=O)NC1CCCCCC1. The normalized spacial score (nSPS) is 20.1. The Bertz CT molecular complexity index is 358. The molecule has 5 nitrogen and oxygen atoms in total. The predicted octanol–water partition coefficient (Wildman–Crippen LogP) is 0.587. The summed E-state index contributed by atoms with van der Waals surface area (Å²) in [6.45, 7) is 1.63. The van der Waals surface area contributed by atoms with Crippen LogP contribution in [0, 0.1) is 0 Å². The van der Waals surface area contributed by atoms with Crippen molar-refractivity contribution in [3.63, 3.8) is 0 Å². The fraction of sp³-hybridized carbons (Fsp3) is 0.917. The van der Waals surface area contributed by atoms with Gasteiger partial charge < -0.3 is 11.1 Å². The van der Waals surface area contributed by atoms with E-state index in [0.29, 0.717) is 0 Å². The lowest BCUT2D eigenvalue weighted by atomic mass is 10.1. The van der Waals surface area contributed by atoms with Crippen LogP contribution in [0.15, 0.2) is 0 Å². The summed E-state index contributed by atoms with van der Waals surface area (Å²) in [5.74, 6) is -0.960. The van der Waals surface area contributed by atoms with Crippen molar-refractivity contribution in [3.05, 3.63) is 0 Å². The van der Waals surface area contributed by atoms with E-state index < -0.39 is 21.6 Å². The maximum Gasteiger partial charge on any atom is 0.235 e. The van der Waals surface area contributed by atoms with Gasteiger partial charge in [-0.05, 0) is 19.8 Å². The molecule has 1 aliphatic carbocycles. The molecule has 1 saturated carbocycles. The zero-order chi connectivity index (χ0) is 13.6. The molecule has 1 amide bonds. The van der Waals surface area contributed by atoms with Crippen molar-refractivity contribution in [1.82, 2.24) is 5.32 Å². The first-order valence-corrected chi connectivity index (χ1v) is 8.46. The third-order valence-electron chi connectivity index (χ3n) is 3.09. The molecular formula is C12H24N2O3S. The number of sulfone groups is 1.